The Hall–Kier alpha value is -2.81. The number of nitroso groups, excluding NO2 is 1. The Balaban J connectivity index is 1.83. The number of benzene rings is 3. The Morgan fingerprint density at radius 2 is 1.80 bits per heavy atom. The van der Waals surface area contributed by atoms with Crippen LogP contribution in [0.15, 0.2) is 76.8 Å². The molecule has 156 valence electrons. The van der Waals surface area contributed by atoms with E-state index in [4.69, 9.17) is 11.6 Å². The summed E-state index contributed by atoms with van der Waals surface area (Å²) in [7, 11) is -2.17. The summed E-state index contributed by atoms with van der Waals surface area (Å²) in [4.78, 5) is 10.6. The van der Waals surface area contributed by atoms with Crippen molar-refractivity contribution in [3.63, 3.8) is 0 Å². The van der Waals surface area contributed by atoms with Gasteiger partial charge in [0.2, 0.25) is 0 Å². The second kappa shape index (κ2) is 9.34. The minimum Gasteiger partial charge on any atom is -0.311 e. The van der Waals surface area contributed by atoms with E-state index in [2.05, 4.69) is 15.2 Å². The SMILES string of the molecule is CNC(CN=O)c1cccc(NS(=O)(=O)c2ccc(-c3ccc(Cl)cc3F)cc2)c1. The maximum Gasteiger partial charge on any atom is 0.261 e. The highest BCUT2D eigenvalue weighted by Crippen LogP contribution is 2.27. The Bertz CT molecular complexity index is 1150. The average molecular weight is 448 g/mol. The maximum absolute atomic E-state index is 14.1. The first-order chi connectivity index (χ1) is 14.3. The van der Waals surface area contributed by atoms with Gasteiger partial charge in [-0.2, -0.15) is 4.91 Å². The zero-order chi connectivity index (χ0) is 21.7. The van der Waals surface area contributed by atoms with Gasteiger partial charge in [-0.05, 0) is 60.6 Å². The van der Waals surface area contributed by atoms with E-state index in [0.29, 0.717) is 16.8 Å². The van der Waals surface area contributed by atoms with Gasteiger partial charge in [-0.1, -0.05) is 41.0 Å². The molecule has 0 amide bonds. The van der Waals surface area contributed by atoms with E-state index >= 15 is 0 Å². The Labute approximate surface area is 179 Å². The molecule has 6 nitrogen and oxygen atoms in total. The van der Waals surface area contributed by atoms with Crippen LogP contribution >= 0.6 is 11.6 Å². The minimum absolute atomic E-state index is 0.0232. The molecular formula is C21H19ClFN3O3S. The van der Waals surface area contributed by atoms with E-state index in [1.54, 1.807) is 37.4 Å². The molecule has 0 aliphatic heterocycles. The summed E-state index contributed by atoms with van der Waals surface area (Å²) < 4.78 is 42.1. The molecule has 0 heterocycles. The second-order valence-electron chi connectivity index (χ2n) is 6.53. The Morgan fingerprint density at radius 3 is 2.43 bits per heavy atom. The molecule has 3 aromatic rings. The van der Waals surface area contributed by atoms with Crippen LogP contribution < -0.4 is 10.0 Å². The van der Waals surface area contributed by atoms with Gasteiger partial charge in [0.25, 0.3) is 10.0 Å². The standard InChI is InChI=1S/C21H19ClFN3O3S/c1-24-21(13-25-27)15-3-2-4-17(11-15)26-30(28,29)18-8-5-14(6-9-18)19-10-7-16(22)12-20(19)23/h2-12,21,24,26H,13H2,1H3. The lowest BCUT2D eigenvalue weighted by Crippen LogP contribution is -2.19. The smallest absolute Gasteiger partial charge is 0.261 e. The Morgan fingerprint density at radius 1 is 1.07 bits per heavy atom. The summed E-state index contributed by atoms with van der Waals surface area (Å²) in [5.41, 5.74) is 1.94. The highest BCUT2D eigenvalue weighted by molar-refractivity contribution is 7.92. The lowest BCUT2D eigenvalue weighted by atomic mass is 10.1. The summed E-state index contributed by atoms with van der Waals surface area (Å²) in [5, 5.41) is 6.14. The molecule has 30 heavy (non-hydrogen) atoms. The fourth-order valence-corrected chi connectivity index (χ4v) is 4.22. The number of likely N-dealkylation sites (N-methyl/N-ethyl adjacent to an activating group) is 1. The molecule has 0 radical (unpaired) electrons. The van der Waals surface area contributed by atoms with Gasteiger partial charge < -0.3 is 5.32 Å². The van der Waals surface area contributed by atoms with Crippen molar-refractivity contribution in [2.75, 3.05) is 18.3 Å². The van der Waals surface area contributed by atoms with Crippen LogP contribution in [0.25, 0.3) is 11.1 Å². The second-order valence-corrected chi connectivity index (χ2v) is 8.65. The molecule has 3 aromatic carbocycles. The van der Waals surface area contributed by atoms with E-state index in [-0.39, 0.29) is 22.5 Å². The molecule has 0 saturated heterocycles. The van der Waals surface area contributed by atoms with E-state index in [9.17, 15) is 17.7 Å². The van der Waals surface area contributed by atoms with Gasteiger partial charge in [-0.25, -0.2) is 12.8 Å². The van der Waals surface area contributed by atoms with Crippen LogP contribution in [0.5, 0.6) is 0 Å². The third-order valence-corrected chi connectivity index (χ3v) is 6.19. The molecule has 1 unspecified atom stereocenters. The van der Waals surface area contributed by atoms with Crippen LogP contribution in [0, 0.1) is 10.7 Å². The van der Waals surface area contributed by atoms with Crippen molar-refractivity contribution < 1.29 is 12.8 Å². The topological polar surface area (TPSA) is 87.6 Å². The van der Waals surface area contributed by atoms with Gasteiger partial charge in [0, 0.05) is 16.3 Å². The number of hydrogen-bond acceptors (Lipinski definition) is 5. The zero-order valence-electron chi connectivity index (χ0n) is 16.0. The average Bonchev–Trinajstić information content (AvgIpc) is 2.72. The van der Waals surface area contributed by atoms with Gasteiger partial charge in [-0.15, -0.1) is 0 Å². The summed E-state index contributed by atoms with van der Waals surface area (Å²) >= 11 is 5.77. The molecule has 0 bridgehead atoms. The predicted molar refractivity (Wildman–Crippen MR) is 117 cm³/mol. The Kier molecular flexibility index (Phi) is 6.81. The van der Waals surface area contributed by atoms with E-state index in [0.717, 1.165) is 5.56 Å². The van der Waals surface area contributed by atoms with Crippen molar-refractivity contribution in [3.05, 3.63) is 88.0 Å². The summed E-state index contributed by atoms with van der Waals surface area (Å²) in [6.07, 6.45) is 0. The number of nitrogens with zero attached hydrogens (tertiary/aromatic N) is 1. The van der Waals surface area contributed by atoms with Crippen LogP contribution in [0.2, 0.25) is 5.02 Å². The molecule has 1 atom stereocenters. The van der Waals surface area contributed by atoms with Crippen LogP contribution in [0.3, 0.4) is 0 Å². The van der Waals surface area contributed by atoms with E-state index < -0.39 is 15.8 Å². The van der Waals surface area contributed by atoms with Crippen molar-refractivity contribution in [3.8, 4) is 11.1 Å². The lowest BCUT2D eigenvalue weighted by molar-refractivity contribution is 0.600. The fourth-order valence-electron chi connectivity index (χ4n) is 3.01. The first kappa shape index (κ1) is 21.9. The quantitative estimate of drug-likeness (QED) is 0.477. The molecular weight excluding hydrogens is 429 g/mol. The predicted octanol–water partition coefficient (Wildman–Crippen LogP) is 4.97. The molecule has 0 aliphatic rings. The lowest BCUT2D eigenvalue weighted by Gasteiger charge is -2.15. The molecule has 0 spiro atoms. The van der Waals surface area contributed by atoms with Crippen molar-refractivity contribution in [1.29, 1.82) is 0 Å². The van der Waals surface area contributed by atoms with E-state index in [1.807, 2.05) is 0 Å². The normalized spacial score (nSPS) is 12.4. The van der Waals surface area contributed by atoms with Crippen LogP contribution in [0.4, 0.5) is 10.1 Å². The summed E-state index contributed by atoms with van der Waals surface area (Å²) in [6, 6.07) is 16.6. The molecule has 9 heteroatoms. The van der Waals surface area contributed by atoms with E-state index in [1.165, 1.54) is 36.4 Å². The third kappa shape index (κ3) is 5.02. The van der Waals surface area contributed by atoms with Crippen LogP contribution in [-0.4, -0.2) is 22.0 Å². The van der Waals surface area contributed by atoms with Gasteiger partial charge in [0.15, 0.2) is 0 Å². The number of anilines is 1. The third-order valence-electron chi connectivity index (χ3n) is 4.55. The minimum atomic E-state index is -3.86. The number of hydrogen-bond donors (Lipinski definition) is 2. The number of halogens is 2. The number of rotatable bonds is 8. The maximum atomic E-state index is 14.1. The number of sulfonamides is 1. The highest BCUT2D eigenvalue weighted by atomic mass is 35.5. The zero-order valence-corrected chi connectivity index (χ0v) is 17.5. The van der Waals surface area contributed by atoms with Gasteiger partial charge in [0.05, 0.1) is 10.9 Å². The van der Waals surface area contributed by atoms with Gasteiger partial charge >= 0.3 is 0 Å². The largest absolute Gasteiger partial charge is 0.311 e. The van der Waals surface area contributed by atoms with Crippen molar-refractivity contribution in [1.82, 2.24) is 5.32 Å². The molecule has 0 fully saturated rings. The van der Waals surface area contributed by atoms with Crippen molar-refractivity contribution in [2.45, 2.75) is 10.9 Å². The highest BCUT2D eigenvalue weighted by Gasteiger charge is 2.16. The van der Waals surface area contributed by atoms with Gasteiger partial charge in [0.1, 0.15) is 12.4 Å². The van der Waals surface area contributed by atoms with Crippen LogP contribution in [0.1, 0.15) is 11.6 Å². The first-order valence-electron chi connectivity index (χ1n) is 8.98. The fraction of sp³-hybridized carbons (Fsp3) is 0.143. The van der Waals surface area contributed by atoms with Crippen LogP contribution in [-0.2, 0) is 10.0 Å². The monoisotopic (exact) mass is 447 g/mol. The summed E-state index contributed by atoms with van der Waals surface area (Å²) in [6.45, 7) is 0.0232. The molecule has 3 rings (SSSR count). The summed E-state index contributed by atoms with van der Waals surface area (Å²) in [5.74, 6) is -0.489. The molecule has 0 aromatic heterocycles. The molecule has 2 N–H and O–H groups in total. The molecule has 0 aliphatic carbocycles. The molecule has 0 saturated carbocycles. The number of nitrogens with one attached hydrogen (secondary N) is 2. The first-order valence-corrected chi connectivity index (χ1v) is 10.8. The van der Waals surface area contributed by atoms with Crippen molar-refractivity contribution >= 4 is 27.3 Å². The van der Waals surface area contributed by atoms with Crippen molar-refractivity contribution in [2.24, 2.45) is 5.18 Å². The van der Waals surface area contributed by atoms with Gasteiger partial charge in [-0.3, -0.25) is 4.72 Å².